The molecule has 0 unspecified atom stereocenters. The minimum Gasteiger partial charge on any atom is -0.360 e. The first-order valence-electron chi connectivity index (χ1n) is 8.86. The van der Waals surface area contributed by atoms with E-state index >= 15 is 0 Å². The number of benzene rings is 2. The molecule has 0 aliphatic carbocycles. The van der Waals surface area contributed by atoms with E-state index in [1.54, 1.807) is 11.0 Å². The second-order valence-corrected chi connectivity index (χ2v) is 7.18. The number of rotatable bonds is 3. The minimum atomic E-state index is -0.206. The number of nitrogens with zero attached hydrogens (tertiary/aromatic N) is 1. The first-order chi connectivity index (χ1) is 12.5. The van der Waals surface area contributed by atoms with Gasteiger partial charge in [0.15, 0.2) is 5.11 Å². The summed E-state index contributed by atoms with van der Waals surface area (Å²) >= 11 is 5.26. The SMILES string of the molecule is Cc1cccc(C(=O)NC(=S)Nc2ccc(N3CC[NH+](C)CC3)cc2)c1. The van der Waals surface area contributed by atoms with Gasteiger partial charge < -0.3 is 15.1 Å². The molecule has 2 aromatic carbocycles. The second-order valence-electron chi connectivity index (χ2n) is 6.77. The third kappa shape index (κ3) is 4.80. The molecule has 1 saturated heterocycles. The average Bonchev–Trinajstić information content (AvgIpc) is 2.63. The van der Waals surface area contributed by atoms with Crippen LogP contribution in [0.3, 0.4) is 0 Å². The summed E-state index contributed by atoms with van der Waals surface area (Å²) in [6, 6.07) is 15.6. The molecule has 1 heterocycles. The van der Waals surface area contributed by atoms with Crippen LogP contribution in [0.25, 0.3) is 0 Å². The Morgan fingerprint density at radius 3 is 2.46 bits per heavy atom. The lowest BCUT2D eigenvalue weighted by molar-refractivity contribution is -0.880. The van der Waals surface area contributed by atoms with E-state index in [-0.39, 0.29) is 5.91 Å². The summed E-state index contributed by atoms with van der Waals surface area (Å²) in [6.45, 7) is 6.42. The van der Waals surface area contributed by atoms with E-state index in [2.05, 4.69) is 34.7 Å². The van der Waals surface area contributed by atoms with E-state index < -0.39 is 0 Å². The number of carbonyl (C=O) groups excluding carboxylic acids is 1. The van der Waals surface area contributed by atoms with Gasteiger partial charge in [-0.3, -0.25) is 10.1 Å². The highest BCUT2D eigenvalue weighted by Gasteiger charge is 2.16. The summed E-state index contributed by atoms with van der Waals surface area (Å²) in [5.41, 5.74) is 3.72. The predicted octanol–water partition coefficient (Wildman–Crippen LogP) is 1.46. The molecule has 136 valence electrons. The molecule has 0 atom stereocenters. The predicted molar refractivity (Wildman–Crippen MR) is 110 cm³/mol. The summed E-state index contributed by atoms with van der Waals surface area (Å²) in [5, 5.41) is 6.09. The molecular weight excluding hydrogens is 344 g/mol. The summed E-state index contributed by atoms with van der Waals surface area (Å²) in [7, 11) is 2.23. The van der Waals surface area contributed by atoms with Gasteiger partial charge >= 0.3 is 0 Å². The van der Waals surface area contributed by atoms with Crippen LogP contribution in [-0.2, 0) is 0 Å². The van der Waals surface area contributed by atoms with Gasteiger partial charge in [-0.05, 0) is 55.5 Å². The van der Waals surface area contributed by atoms with Crippen molar-refractivity contribution in [2.75, 3.05) is 43.4 Å². The highest BCUT2D eigenvalue weighted by atomic mass is 32.1. The van der Waals surface area contributed by atoms with Crippen LogP contribution in [0.15, 0.2) is 48.5 Å². The molecule has 3 rings (SSSR count). The number of hydrogen-bond acceptors (Lipinski definition) is 3. The number of likely N-dealkylation sites (N-methyl/N-ethyl adjacent to an activating group) is 1. The normalized spacial score (nSPS) is 14.8. The van der Waals surface area contributed by atoms with Crippen molar-refractivity contribution in [1.82, 2.24) is 5.32 Å². The van der Waals surface area contributed by atoms with Crippen LogP contribution >= 0.6 is 12.2 Å². The fourth-order valence-electron chi connectivity index (χ4n) is 3.03. The zero-order valence-corrected chi connectivity index (χ0v) is 16.0. The first kappa shape index (κ1) is 18.4. The summed E-state index contributed by atoms with van der Waals surface area (Å²) < 4.78 is 0. The average molecular weight is 370 g/mol. The maximum atomic E-state index is 12.2. The lowest BCUT2D eigenvalue weighted by Gasteiger charge is -2.31. The zero-order valence-electron chi connectivity index (χ0n) is 15.2. The van der Waals surface area contributed by atoms with Crippen LogP contribution in [-0.4, -0.2) is 44.2 Å². The maximum absolute atomic E-state index is 12.2. The third-order valence-electron chi connectivity index (χ3n) is 4.61. The Kier molecular flexibility index (Phi) is 5.85. The number of nitrogens with one attached hydrogen (secondary N) is 3. The topological polar surface area (TPSA) is 48.8 Å². The van der Waals surface area contributed by atoms with Crippen molar-refractivity contribution in [3.8, 4) is 0 Å². The van der Waals surface area contributed by atoms with E-state index in [0.717, 1.165) is 37.4 Å². The molecule has 3 N–H and O–H groups in total. The summed E-state index contributed by atoms with van der Waals surface area (Å²) in [4.78, 5) is 16.2. The molecule has 1 aliphatic heterocycles. The molecule has 26 heavy (non-hydrogen) atoms. The van der Waals surface area contributed by atoms with Gasteiger partial charge in [0.2, 0.25) is 0 Å². The van der Waals surface area contributed by atoms with Gasteiger partial charge in [0, 0.05) is 16.9 Å². The number of anilines is 2. The van der Waals surface area contributed by atoms with Crippen molar-refractivity contribution >= 4 is 34.6 Å². The molecule has 0 bridgehead atoms. The van der Waals surface area contributed by atoms with Gasteiger partial charge in [-0.1, -0.05) is 17.7 Å². The Morgan fingerprint density at radius 2 is 1.81 bits per heavy atom. The molecular formula is C20H25N4OS+. The van der Waals surface area contributed by atoms with Crippen LogP contribution in [0.5, 0.6) is 0 Å². The van der Waals surface area contributed by atoms with Gasteiger partial charge in [-0.2, -0.15) is 0 Å². The fraction of sp³-hybridized carbons (Fsp3) is 0.300. The molecule has 0 radical (unpaired) electrons. The Labute approximate surface area is 160 Å². The highest BCUT2D eigenvalue weighted by molar-refractivity contribution is 7.80. The van der Waals surface area contributed by atoms with E-state index in [0.29, 0.717) is 10.7 Å². The molecule has 0 spiro atoms. The molecule has 6 heteroatoms. The smallest absolute Gasteiger partial charge is 0.257 e. The van der Waals surface area contributed by atoms with Crippen molar-refractivity contribution in [2.45, 2.75) is 6.92 Å². The molecule has 0 saturated carbocycles. The van der Waals surface area contributed by atoms with Crippen LogP contribution < -0.4 is 20.4 Å². The standard InChI is InChI=1S/C20H24N4OS/c1-15-4-3-5-16(14-15)19(25)22-20(26)21-17-6-8-18(9-7-17)24-12-10-23(2)11-13-24/h3-9,14H,10-13H2,1-2H3,(H2,21,22,25,26)/p+1. The highest BCUT2D eigenvalue weighted by Crippen LogP contribution is 2.18. The Bertz CT molecular complexity index is 783. The van der Waals surface area contributed by atoms with Crippen molar-refractivity contribution in [3.63, 3.8) is 0 Å². The van der Waals surface area contributed by atoms with Gasteiger partial charge in [0.1, 0.15) is 0 Å². The number of amides is 1. The van der Waals surface area contributed by atoms with E-state index in [4.69, 9.17) is 12.2 Å². The van der Waals surface area contributed by atoms with E-state index in [1.807, 2.05) is 37.3 Å². The fourth-order valence-corrected chi connectivity index (χ4v) is 3.24. The van der Waals surface area contributed by atoms with Crippen LogP contribution in [0.2, 0.25) is 0 Å². The number of hydrogen-bond donors (Lipinski definition) is 3. The molecule has 2 aromatic rings. The van der Waals surface area contributed by atoms with Crippen LogP contribution in [0.4, 0.5) is 11.4 Å². The quantitative estimate of drug-likeness (QED) is 0.717. The monoisotopic (exact) mass is 369 g/mol. The van der Waals surface area contributed by atoms with Crippen molar-refractivity contribution < 1.29 is 9.69 Å². The number of aryl methyl sites for hydroxylation is 1. The van der Waals surface area contributed by atoms with Gasteiger partial charge in [-0.15, -0.1) is 0 Å². The first-order valence-corrected chi connectivity index (χ1v) is 9.27. The van der Waals surface area contributed by atoms with Crippen molar-refractivity contribution in [3.05, 3.63) is 59.7 Å². The molecule has 1 amide bonds. The maximum Gasteiger partial charge on any atom is 0.257 e. The molecule has 1 aliphatic rings. The van der Waals surface area contributed by atoms with Gasteiger partial charge in [-0.25, -0.2) is 0 Å². The minimum absolute atomic E-state index is 0.206. The van der Waals surface area contributed by atoms with Crippen molar-refractivity contribution in [2.24, 2.45) is 0 Å². The van der Waals surface area contributed by atoms with Gasteiger partial charge in [0.05, 0.1) is 33.2 Å². The number of thiocarbonyl (C=S) groups is 1. The lowest BCUT2D eigenvalue weighted by Crippen LogP contribution is -3.12. The van der Waals surface area contributed by atoms with Crippen LogP contribution in [0.1, 0.15) is 15.9 Å². The third-order valence-corrected chi connectivity index (χ3v) is 4.82. The molecule has 5 nitrogen and oxygen atoms in total. The van der Waals surface area contributed by atoms with Gasteiger partial charge in [0.25, 0.3) is 5.91 Å². The zero-order chi connectivity index (χ0) is 18.5. The lowest BCUT2D eigenvalue weighted by atomic mass is 10.1. The Balaban J connectivity index is 1.55. The second kappa shape index (κ2) is 8.29. The summed E-state index contributed by atoms with van der Waals surface area (Å²) in [6.07, 6.45) is 0. The number of piperazine rings is 1. The molecule has 0 aromatic heterocycles. The Morgan fingerprint density at radius 1 is 1.12 bits per heavy atom. The number of quaternary nitrogens is 1. The summed E-state index contributed by atoms with van der Waals surface area (Å²) in [5.74, 6) is -0.206. The molecule has 1 fully saturated rings. The van der Waals surface area contributed by atoms with E-state index in [1.165, 1.54) is 5.69 Å². The Hall–Kier alpha value is -2.44. The largest absolute Gasteiger partial charge is 0.360 e. The van der Waals surface area contributed by atoms with Crippen LogP contribution in [0, 0.1) is 6.92 Å². The van der Waals surface area contributed by atoms with Crippen molar-refractivity contribution in [1.29, 1.82) is 0 Å². The van der Waals surface area contributed by atoms with E-state index in [9.17, 15) is 4.79 Å². The number of carbonyl (C=O) groups is 1.